The molecule has 0 aliphatic heterocycles. The highest BCUT2D eigenvalue weighted by Gasteiger charge is 2.16. The lowest BCUT2D eigenvalue weighted by Crippen LogP contribution is -2.24. The predicted molar refractivity (Wildman–Crippen MR) is 85.7 cm³/mol. The van der Waals surface area contributed by atoms with E-state index in [-0.39, 0.29) is 10.9 Å². The van der Waals surface area contributed by atoms with Crippen LogP contribution in [0.4, 0.5) is 10.5 Å². The molecule has 0 atom stereocenters. The van der Waals surface area contributed by atoms with E-state index in [2.05, 4.69) is 10.6 Å². The minimum Gasteiger partial charge on any atom is -0.314 e. The minimum absolute atomic E-state index is 0.00966. The molecule has 0 bridgehead atoms. The van der Waals surface area contributed by atoms with Crippen molar-refractivity contribution in [2.24, 2.45) is 11.1 Å². The van der Waals surface area contributed by atoms with E-state index in [1.165, 1.54) is 55.5 Å². The van der Waals surface area contributed by atoms with Crippen molar-refractivity contribution in [3.8, 4) is 0 Å². The molecule has 0 radical (unpaired) electrons. The van der Waals surface area contributed by atoms with Gasteiger partial charge < -0.3 is 10.6 Å². The summed E-state index contributed by atoms with van der Waals surface area (Å²) in [7, 11) is -3.72. The number of nitrogens with two attached hydrogens (primary N) is 1. The van der Waals surface area contributed by atoms with Crippen LogP contribution in [0, 0.1) is 5.92 Å². The molecule has 120 valence electrons. The Kier molecular flexibility index (Phi) is 5.20. The molecule has 7 heteroatoms. The van der Waals surface area contributed by atoms with Crippen LogP contribution in [0.25, 0.3) is 0 Å². The third kappa shape index (κ3) is 4.57. The lowest BCUT2D eigenvalue weighted by Gasteiger charge is -2.10. The molecule has 6 nitrogen and oxygen atoms in total. The molecule has 0 heterocycles. The number of hydrogen-bond acceptors (Lipinski definition) is 3. The number of nitrogens with one attached hydrogen (secondary N) is 2. The molecule has 22 heavy (non-hydrogen) atoms. The highest BCUT2D eigenvalue weighted by molar-refractivity contribution is 7.89. The van der Waals surface area contributed by atoms with E-state index in [0.29, 0.717) is 11.6 Å². The third-order valence-electron chi connectivity index (χ3n) is 3.87. The SMILES string of the molecule is C/C(=C\NC(=O)Nc1ccc(S(N)(=O)=O)cc1)C1CCCC1. The zero-order chi connectivity index (χ0) is 16.2. The van der Waals surface area contributed by atoms with Gasteiger partial charge in [-0.25, -0.2) is 18.4 Å². The number of carbonyl (C=O) groups excluding carboxylic acids is 1. The number of anilines is 1. The number of benzene rings is 1. The zero-order valence-electron chi connectivity index (χ0n) is 12.5. The van der Waals surface area contributed by atoms with Crippen molar-refractivity contribution in [2.75, 3.05) is 5.32 Å². The molecule has 1 aliphatic carbocycles. The van der Waals surface area contributed by atoms with E-state index < -0.39 is 10.0 Å². The van der Waals surface area contributed by atoms with Crippen molar-refractivity contribution in [3.05, 3.63) is 36.0 Å². The Hall–Kier alpha value is -1.86. The highest BCUT2D eigenvalue weighted by atomic mass is 32.2. The summed E-state index contributed by atoms with van der Waals surface area (Å²) >= 11 is 0. The molecule has 0 unspecified atom stereocenters. The average molecular weight is 323 g/mol. The van der Waals surface area contributed by atoms with Gasteiger partial charge in [0.05, 0.1) is 4.90 Å². The number of amides is 2. The van der Waals surface area contributed by atoms with Crippen molar-refractivity contribution in [2.45, 2.75) is 37.5 Å². The minimum atomic E-state index is -3.72. The second kappa shape index (κ2) is 6.93. The van der Waals surface area contributed by atoms with E-state index >= 15 is 0 Å². The van der Waals surface area contributed by atoms with Crippen LogP contribution in [0.3, 0.4) is 0 Å². The number of hydrogen-bond donors (Lipinski definition) is 3. The Balaban J connectivity index is 1.90. The number of sulfonamides is 1. The van der Waals surface area contributed by atoms with Crippen molar-refractivity contribution >= 4 is 21.7 Å². The molecule has 1 aromatic rings. The van der Waals surface area contributed by atoms with Gasteiger partial charge in [0.15, 0.2) is 0 Å². The van der Waals surface area contributed by atoms with Gasteiger partial charge in [0.2, 0.25) is 10.0 Å². The van der Waals surface area contributed by atoms with E-state index in [1.807, 2.05) is 6.92 Å². The monoisotopic (exact) mass is 323 g/mol. The molecule has 0 saturated heterocycles. The van der Waals surface area contributed by atoms with E-state index in [9.17, 15) is 13.2 Å². The normalized spacial score (nSPS) is 16.5. The van der Waals surface area contributed by atoms with Crippen molar-refractivity contribution in [3.63, 3.8) is 0 Å². The number of carbonyl (C=O) groups is 1. The maximum atomic E-state index is 11.8. The first-order chi connectivity index (χ1) is 10.4. The maximum Gasteiger partial charge on any atom is 0.323 e. The van der Waals surface area contributed by atoms with Crippen LogP contribution in [-0.2, 0) is 10.0 Å². The van der Waals surface area contributed by atoms with Crippen LogP contribution in [0.2, 0.25) is 0 Å². The van der Waals surface area contributed by atoms with Crippen molar-refractivity contribution < 1.29 is 13.2 Å². The Morgan fingerprint density at radius 1 is 1.23 bits per heavy atom. The van der Waals surface area contributed by atoms with Crippen LogP contribution in [0.5, 0.6) is 0 Å². The van der Waals surface area contributed by atoms with Gasteiger partial charge in [0.25, 0.3) is 0 Å². The standard InChI is InChI=1S/C15H21N3O3S/c1-11(12-4-2-3-5-12)10-17-15(19)18-13-6-8-14(9-7-13)22(16,20)21/h6-10,12H,2-5H2,1H3,(H2,16,20,21)(H2,17,18,19)/b11-10+. The molecule has 1 saturated carbocycles. The topological polar surface area (TPSA) is 101 Å². The summed E-state index contributed by atoms with van der Waals surface area (Å²) in [6.45, 7) is 2.02. The third-order valence-corrected chi connectivity index (χ3v) is 4.80. The summed E-state index contributed by atoms with van der Waals surface area (Å²) in [5, 5.41) is 10.3. The number of primary sulfonamides is 1. The Morgan fingerprint density at radius 3 is 2.36 bits per heavy atom. The van der Waals surface area contributed by atoms with Crippen molar-refractivity contribution in [1.29, 1.82) is 0 Å². The molecule has 1 fully saturated rings. The predicted octanol–water partition coefficient (Wildman–Crippen LogP) is 2.55. The van der Waals surface area contributed by atoms with Gasteiger partial charge in [-0.3, -0.25) is 0 Å². The molecule has 1 aromatic carbocycles. The fraction of sp³-hybridized carbons (Fsp3) is 0.400. The molecule has 1 aliphatic rings. The fourth-order valence-electron chi connectivity index (χ4n) is 2.57. The summed E-state index contributed by atoms with van der Waals surface area (Å²) in [4.78, 5) is 11.8. The van der Waals surface area contributed by atoms with E-state index in [0.717, 1.165) is 0 Å². The van der Waals surface area contributed by atoms with Crippen molar-refractivity contribution in [1.82, 2.24) is 5.32 Å². The summed E-state index contributed by atoms with van der Waals surface area (Å²) in [6, 6.07) is 5.33. The maximum absolute atomic E-state index is 11.8. The van der Waals surface area contributed by atoms with Crippen LogP contribution in [-0.4, -0.2) is 14.4 Å². The van der Waals surface area contributed by atoms with Crippen LogP contribution < -0.4 is 15.8 Å². The summed E-state index contributed by atoms with van der Waals surface area (Å²) in [6.07, 6.45) is 6.60. The van der Waals surface area contributed by atoms with E-state index in [1.54, 1.807) is 6.20 Å². The first-order valence-corrected chi connectivity index (χ1v) is 8.78. The van der Waals surface area contributed by atoms with Gasteiger partial charge in [-0.15, -0.1) is 0 Å². The van der Waals surface area contributed by atoms with Crippen LogP contribution in [0.15, 0.2) is 40.9 Å². The molecule has 4 N–H and O–H groups in total. The Bertz CT molecular complexity index is 660. The summed E-state index contributed by atoms with van der Waals surface area (Å²) in [5.41, 5.74) is 1.68. The quantitative estimate of drug-likeness (QED) is 0.793. The highest BCUT2D eigenvalue weighted by Crippen LogP contribution is 2.30. The summed E-state index contributed by atoms with van der Waals surface area (Å²) in [5.74, 6) is 0.564. The number of urea groups is 1. The smallest absolute Gasteiger partial charge is 0.314 e. The Labute approximate surface area is 130 Å². The molecule has 2 rings (SSSR count). The van der Waals surface area contributed by atoms with Gasteiger partial charge in [0.1, 0.15) is 0 Å². The summed E-state index contributed by atoms with van der Waals surface area (Å²) < 4.78 is 22.3. The second-order valence-electron chi connectivity index (χ2n) is 5.54. The van der Waals surface area contributed by atoms with Crippen LogP contribution in [0.1, 0.15) is 32.6 Å². The lowest BCUT2D eigenvalue weighted by molar-refractivity contribution is 0.255. The number of rotatable bonds is 4. The molecule has 0 spiro atoms. The average Bonchev–Trinajstić information content (AvgIpc) is 2.98. The first kappa shape index (κ1) is 16.5. The van der Waals surface area contributed by atoms with Gasteiger partial charge in [-0.2, -0.15) is 0 Å². The fourth-order valence-corrected chi connectivity index (χ4v) is 3.09. The molecule has 0 aromatic heterocycles. The van der Waals surface area contributed by atoms with Crippen LogP contribution >= 0.6 is 0 Å². The molecular formula is C15H21N3O3S. The number of allylic oxidation sites excluding steroid dienone is 1. The molecule has 2 amide bonds. The zero-order valence-corrected chi connectivity index (χ0v) is 13.3. The Morgan fingerprint density at radius 2 is 1.82 bits per heavy atom. The van der Waals surface area contributed by atoms with Gasteiger partial charge in [-0.05, 0) is 49.9 Å². The largest absolute Gasteiger partial charge is 0.323 e. The lowest BCUT2D eigenvalue weighted by atomic mass is 10.0. The van der Waals surface area contributed by atoms with Gasteiger partial charge >= 0.3 is 6.03 Å². The van der Waals surface area contributed by atoms with Gasteiger partial charge in [-0.1, -0.05) is 18.4 Å². The first-order valence-electron chi connectivity index (χ1n) is 7.23. The molecular weight excluding hydrogens is 302 g/mol. The van der Waals surface area contributed by atoms with Gasteiger partial charge in [0, 0.05) is 11.9 Å². The van der Waals surface area contributed by atoms with E-state index in [4.69, 9.17) is 5.14 Å². The second-order valence-corrected chi connectivity index (χ2v) is 7.10.